The lowest BCUT2D eigenvalue weighted by Gasteiger charge is -2.04. The summed E-state index contributed by atoms with van der Waals surface area (Å²) in [6, 6.07) is 0. The first-order valence-corrected chi connectivity index (χ1v) is 4.76. The van der Waals surface area contributed by atoms with Crippen molar-refractivity contribution in [3.8, 4) is 0 Å². The number of hydrogen-bond acceptors (Lipinski definition) is 5. The summed E-state index contributed by atoms with van der Waals surface area (Å²) < 4.78 is 2.99. The quantitative estimate of drug-likeness (QED) is 0.623. The molecule has 1 N–H and O–H groups in total. The Morgan fingerprint density at radius 1 is 1.35 bits per heavy atom. The Kier molecular flexibility index (Phi) is 2.43. The maximum Gasteiger partial charge on any atom is 0.332 e. The molecule has 2 heterocycles. The number of fused-ring (bicyclic) bond motifs is 1. The number of nitrogens with zero attached hydrogens (tertiary/aromatic N) is 4. The van der Waals surface area contributed by atoms with Gasteiger partial charge in [-0.3, -0.25) is 23.3 Å². The molecule has 0 atom stereocenters. The second-order valence-corrected chi connectivity index (χ2v) is 3.54. The van der Waals surface area contributed by atoms with Gasteiger partial charge >= 0.3 is 5.69 Å². The van der Waals surface area contributed by atoms with Crippen molar-refractivity contribution in [2.24, 2.45) is 14.1 Å². The highest BCUT2D eigenvalue weighted by atomic mass is 16.3. The van der Waals surface area contributed by atoms with Gasteiger partial charge in [0, 0.05) is 14.1 Å². The van der Waals surface area contributed by atoms with E-state index in [1.54, 1.807) is 0 Å². The van der Waals surface area contributed by atoms with Gasteiger partial charge in [-0.05, 0) is 0 Å². The van der Waals surface area contributed by atoms with Gasteiger partial charge in [-0.25, -0.2) is 9.78 Å². The number of rotatable bonds is 1. The van der Waals surface area contributed by atoms with Gasteiger partial charge in [0.05, 0.1) is 0 Å². The van der Waals surface area contributed by atoms with Crippen molar-refractivity contribution in [2.75, 3.05) is 6.61 Å². The van der Waals surface area contributed by atoms with Gasteiger partial charge in [-0.1, -0.05) is 0 Å². The first kappa shape index (κ1) is 11.3. The van der Waals surface area contributed by atoms with E-state index in [1.165, 1.54) is 14.1 Å². The average Bonchev–Trinajstić information content (AvgIpc) is 2.77. The molecule has 0 spiro atoms. The van der Waals surface area contributed by atoms with E-state index in [0.29, 0.717) is 0 Å². The van der Waals surface area contributed by atoms with Crippen LogP contribution >= 0.6 is 0 Å². The molecule has 0 aliphatic carbocycles. The minimum Gasteiger partial charge on any atom is -0.387 e. The lowest BCUT2D eigenvalue weighted by molar-refractivity contribution is 0.0823. The Bertz CT molecular complexity index is 721. The van der Waals surface area contributed by atoms with Crippen LogP contribution in [0.15, 0.2) is 15.9 Å². The van der Waals surface area contributed by atoms with Crippen molar-refractivity contribution in [2.45, 2.75) is 0 Å². The number of carbonyl (C=O) groups is 1. The van der Waals surface area contributed by atoms with E-state index in [4.69, 9.17) is 5.11 Å². The molecule has 8 nitrogen and oxygen atoms in total. The summed E-state index contributed by atoms with van der Waals surface area (Å²) in [6.07, 6.45) is 1.12. The van der Waals surface area contributed by atoms with Crippen LogP contribution in [0.25, 0.3) is 11.2 Å². The molecule has 2 rings (SSSR count). The van der Waals surface area contributed by atoms with E-state index in [9.17, 15) is 14.4 Å². The summed E-state index contributed by atoms with van der Waals surface area (Å²) in [5.74, 6) is -0.678. The van der Waals surface area contributed by atoms with E-state index < -0.39 is 23.8 Å². The highest BCUT2D eigenvalue weighted by Crippen LogP contribution is 2.04. The molecule has 0 saturated carbocycles. The molecule has 17 heavy (non-hydrogen) atoms. The van der Waals surface area contributed by atoms with Crippen molar-refractivity contribution >= 4 is 17.1 Å². The molecule has 0 aliphatic rings. The number of imidazole rings is 1. The number of hydrogen-bond donors (Lipinski definition) is 1. The third-order valence-corrected chi connectivity index (χ3v) is 2.55. The third-order valence-electron chi connectivity index (χ3n) is 2.55. The second-order valence-electron chi connectivity index (χ2n) is 3.54. The first-order chi connectivity index (χ1) is 7.99. The molecular formula is C9H10N4O4. The Morgan fingerprint density at radius 3 is 2.59 bits per heavy atom. The van der Waals surface area contributed by atoms with Gasteiger partial charge in [0.1, 0.15) is 12.9 Å². The highest BCUT2D eigenvalue weighted by Gasteiger charge is 2.17. The fraction of sp³-hybridized carbons (Fsp3) is 0.333. The fourth-order valence-electron chi connectivity index (χ4n) is 1.61. The lowest BCUT2D eigenvalue weighted by Crippen LogP contribution is -2.38. The predicted octanol–water partition coefficient (Wildman–Crippen LogP) is -1.93. The van der Waals surface area contributed by atoms with Crippen LogP contribution in [0.5, 0.6) is 0 Å². The van der Waals surface area contributed by atoms with Crippen molar-refractivity contribution in [1.29, 1.82) is 0 Å². The zero-order valence-electron chi connectivity index (χ0n) is 9.25. The van der Waals surface area contributed by atoms with Crippen LogP contribution in [0.4, 0.5) is 0 Å². The average molecular weight is 238 g/mol. The maximum atomic E-state index is 11.9. The summed E-state index contributed by atoms with van der Waals surface area (Å²) in [7, 11) is 2.76. The zero-order valence-corrected chi connectivity index (χ0v) is 9.25. The van der Waals surface area contributed by atoms with E-state index in [1.807, 2.05) is 0 Å². The van der Waals surface area contributed by atoms with Crippen molar-refractivity contribution in [3.05, 3.63) is 27.2 Å². The van der Waals surface area contributed by atoms with Crippen LogP contribution in [-0.2, 0) is 14.1 Å². The zero-order chi connectivity index (χ0) is 12.7. The van der Waals surface area contributed by atoms with E-state index in [-0.39, 0.29) is 11.2 Å². The number of carbonyl (C=O) groups excluding carboxylic acids is 1. The summed E-state index contributed by atoms with van der Waals surface area (Å²) in [6.45, 7) is -0.739. The Labute approximate surface area is 94.3 Å². The monoisotopic (exact) mass is 238 g/mol. The maximum absolute atomic E-state index is 11.9. The topological polar surface area (TPSA) is 99.1 Å². The van der Waals surface area contributed by atoms with Gasteiger partial charge in [0.15, 0.2) is 11.2 Å². The molecule has 0 radical (unpaired) electrons. The Morgan fingerprint density at radius 2 is 2.00 bits per heavy atom. The Hall–Kier alpha value is -2.22. The molecule has 0 bridgehead atoms. The molecule has 0 amide bonds. The summed E-state index contributed by atoms with van der Waals surface area (Å²) in [4.78, 5) is 38.7. The van der Waals surface area contributed by atoms with Crippen LogP contribution in [-0.4, -0.2) is 36.3 Å². The van der Waals surface area contributed by atoms with Crippen molar-refractivity contribution in [1.82, 2.24) is 18.7 Å². The second kappa shape index (κ2) is 3.67. The first-order valence-electron chi connectivity index (χ1n) is 4.76. The molecule has 2 aromatic rings. The largest absolute Gasteiger partial charge is 0.387 e. The molecule has 90 valence electrons. The number of aromatic nitrogens is 4. The lowest BCUT2D eigenvalue weighted by atomic mass is 10.5. The van der Waals surface area contributed by atoms with Crippen molar-refractivity contribution < 1.29 is 9.90 Å². The SMILES string of the molecule is Cn1c(=O)c2c(ncn2C(=O)CO)n(C)c1=O. The number of aryl methyl sites for hydroxylation is 1. The highest BCUT2D eigenvalue weighted by molar-refractivity contribution is 5.89. The number of aliphatic hydroxyl groups is 1. The summed E-state index contributed by atoms with van der Waals surface area (Å²) in [5, 5.41) is 8.77. The molecule has 2 aromatic heterocycles. The molecule has 0 saturated heterocycles. The smallest absolute Gasteiger partial charge is 0.332 e. The van der Waals surface area contributed by atoms with E-state index in [0.717, 1.165) is 20.0 Å². The van der Waals surface area contributed by atoms with Gasteiger partial charge in [-0.15, -0.1) is 0 Å². The van der Waals surface area contributed by atoms with Crippen LogP contribution in [0.2, 0.25) is 0 Å². The van der Waals surface area contributed by atoms with Crippen molar-refractivity contribution in [3.63, 3.8) is 0 Å². The molecule has 0 fully saturated rings. The van der Waals surface area contributed by atoms with Gasteiger partial charge in [-0.2, -0.15) is 0 Å². The fourth-order valence-corrected chi connectivity index (χ4v) is 1.61. The minimum absolute atomic E-state index is 0.0198. The molecule has 8 heteroatoms. The van der Waals surface area contributed by atoms with Gasteiger partial charge in [0.2, 0.25) is 0 Å². The summed E-state index contributed by atoms with van der Waals surface area (Å²) >= 11 is 0. The number of aliphatic hydroxyl groups excluding tert-OH is 1. The van der Waals surface area contributed by atoms with Crippen LogP contribution in [0, 0.1) is 0 Å². The van der Waals surface area contributed by atoms with Gasteiger partial charge in [0.25, 0.3) is 11.5 Å². The molecule has 0 unspecified atom stereocenters. The van der Waals surface area contributed by atoms with Crippen LogP contribution in [0.3, 0.4) is 0 Å². The van der Waals surface area contributed by atoms with Gasteiger partial charge < -0.3 is 5.11 Å². The molecule has 0 aliphatic heterocycles. The standard InChI is InChI=1S/C9H10N4O4/c1-11-7-6(8(16)12(2)9(11)17)13(4-10-7)5(15)3-14/h4,14H,3H2,1-2H3. The van der Waals surface area contributed by atoms with E-state index in [2.05, 4.69) is 4.98 Å². The molecule has 0 aromatic carbocycles. The molecular weight excluding hydrogens is 228 g/mol. The minimum atomic E-state index is -0.739. The third kappa shape index (κ3) is 1.41. The normalized spacial score (nSPS) is 11.0. The Balaban J connectivity index is 3.01. The van der Waals surface area contributed by atoms with E-state index >= 15 is 0 Å². The van der Waals surface area contributed by atoms with Crippen LogP contribution < -0.4 is 11.2 Å². The predicted molar refractivity (Wildman–Crippen MR) is 57.9 cm³/mol. The van der Waals surface area contributed by atoms with Crippen LogP contribution in [0.1, 0.15) is 4.79 Å². The summed E-state index contributed by atoms with van der Waals surface area (Å²) in [5.41, 5.74) is -1.06.